The zero-order chi connectivity index (χ0) is 15.4. The molecule has 1 aliphatic rings. The molecule has 112 valence electrons. The SMILES string of the molecule is O=C(C=Cc1cc(Cl)ccc1Cl)NC1COCC1C(=O)O. The Labute approximate surface area is 131 Å². The van der Waals surface area contributed by atoms with E-state index in [0.717, 1.165) is 0 Å². The Hall–Kier alpha value is -1.56. The zero-order valence-electron chi connectivity index (χ0n) is 10.9. The number of benzene rings is 1. The van der Waals surface area contributed by atoms with Crippen molar-refractivity contribution in [1.82, 2.24) is 5.32 Å². The molecule has 2 atom stereocenters. The molecule has 0 saturated carbocycles. The van der Waals surface area contributed by atoms with E-state index < -0.39 is 23.8 Å². The molecule has 0 spiro atoms. The van der Waals surface area contributed by atoms with Gasteiger partial charge in [0.25, 0.3) is 0 Å². The molecule has 1 aromatic rings. The van der Waals surface area contributed by atoms with Crippen molar-refractivity contribution in [1.29, 1.82) is 0 Å². The number of rotatable bonds is 4. The monoisotopic (exact) mass is 329 g/mol. The van der Waals surface area contributed by atoms with Crippen LogP contribution in [0, 0.1) is 5.92 Å². The van der Waals surface area contributed by atoms with Crippen molar-refractivity contribution in [3.05, 3.63) is 39.9 Å². The summed E-state index contributed by atoms with van der Waals surface area (Å²) < 4.78 is 5.07. The molecule has 2 rings (SSSR count). The first-order valence-corrected chi connectivity index (χ1v) is 6.97. The van der Waals surface area contributed by atoms with Crippen LogP contribution in [-0.4, -0.2) is 36.2 Å². The lowest BCUT2D eigenvalue weighted by atomic mass is 10.0. The topological polar surface area (TPSA) is 75.6 Å². The highest BCUT2D eigenvalue weighted by molar-refractivity contribution is 6.34. The minimum Gasteiger partial charge on any atom is -0.481 e. The first-order chi connectivity index (χ1) is 9.97. The summed E-state index contributed by atoms with van der Waals surface area (Å²) in [4.78, 5) is 22.8. The number of aliphatic carboxylic acids is 1. The van der Waals surface area contributed by atoms with Crippen LogP contribution < -0.4 is 5.32 Å². The summed E-state index contributed by atoms with van der Waals surface area (Å²) in [6, 6.07) is 4.38. The van der Waals surface area contributed by atoms with Crippen LogP contribution in [-0.2, 0) is 14.3 Å². The summed E-state index contributed by atoms with van der Waals surface area (Å²) in [6.45, 7) is 0.290. The number of carbonyl (C=O) groups is 2. The van der Waals surface area contributed by atoms with Gasteiger partial charge in [-0.25, -0.2) is 0 Å². The number of carbonyl (C=O) groups excluding carboxylic acids is 1. The summed E-state index contributed by atoms with van der Waals surface area (Å²) in [5.74, 6) is -2.12. The van der Waals surface area contributed by atoms with Gasteiger partial charge in [-0.05, 0) is 29.8 Å². The second-order valence-corrected chi connectivity index (χ2v) is 5.44. The first kappa shape index (κ1) is 15.8. The smallest absolute Gasteiger partial charge is 0.311 e. The number of hydrogen-bond acceptors (Lipinski definition) is 3. The highest BCUT2D eigenvalue weighted by Crippen LogP contribution is 2.21. The zero-order valence-corrected chi connectivity index (χ0v) is 12.4. The van der Waals surface area contributed by atoms with Gasteiger partial charge in [-0.15, -0.1) is 0 Å². The maximum atomic E-state index is 11.8. The molecule has 2 unspecified atom stereocenters. The number of ether oxygens (including phenoxy) is 1. The van der Waals surface area contributed by atoms with E-state index in [4.69, 9.17) is 33.0 Å². The molecule has 1 amide bonds. The fourth-order valence-corrected chi connectivity index (χ4v) is 2.34. The van der Waals surface area contributed by atoms with E-state index in [9.17, 15) is 9.59 Å². The lowest BCUT2D eigenvalue weighted by Crippen LogP contribution is -2.41. The molecule has 1 fully saturated rings. The minimum atomic E-state index is -0.986. The van der Waals surface area contributed by atoms with Crippen LogP contribution in [0.1, 0.15) is 5.56 Å². The summed E-state index contributed by atoms with van der Waals surface area (Å²) >= 11 is 11.8. The van der Waals surface area contributed by atoms with Gasteiger partial charge in [0.2, 0.25) is 5.91 Å². The van der Waals surface area contributed by atoms with Crippen molar-refractivity contribution in [3.63, 3.8) is 0 Å². The van der Waals surface area contributed by atoms with E-state index in [1.165, 1.54) is 12.2 Å². The average molecular weight is 330 g/mol. The lowest BCUT2D eigenvalue weighted by Gasteiger charge is -2.14. The molecule has 0 radical (unpaired) electrons. The molecule has 0 bridgehead atoms. The molecule has 1 heterocycles. The molecular weight excluding hydrogens is 317 g/mol. The Morgan fingerprint density at radius 3 is 2.81 bits per heavy atom. The van der Waals surface area contributed by atoms with Gasteiger partial charge in [0.15, 0.2) is 0 Å². The molecule has 7 heteroatoms. The van der Waals surface area contributed by atoms with Crippen LogP contribution in [0.2, 0.25) is 10.0 Å². The van der Waals surface area contributed by atoms with E-state index in [1.807, 2.05) is 0 Å². The molecule has 5 nitrogen and oxygen atoms in total. The second kappa shape index (κ2) is 6.93. The highest BCUT2D eigenvalue weighted by Gasteiger charge is 2.34. The fraction of sp³-hybridized carbons (Fsp3) is 0.286. The van der Waals surface area contributed by atoms with Gasteiger partial charge in [-0.2, -0.15) is 0 Å². The van der Waals surface area contributed by atoms with Crippen molar-refractivity contribution >= 4 is 41.2 Å². The van der Waals surface area contributed by atoms with Gasteiger partial charge in [0, 0.05) is 16.1 Å². The van der Waals surface area contributed by atoms with Crippen molar-refractivity contribution in [3.8, 4) is 0 Å². The Bertz CT molecular complexity index is 588. The molecule has 1 saturated heterocycles. The van der Waals surface area contributed by atoms with Gasteiger partial charge < -0.3 is 15.2 Å². The van der Waals surface area contributed by atoms with Crippen LogP contribution in [0.4, 0.5) is 0 Å². The van der Waals surface area contributed by atoms with Crippen molar-refractivity contribution in [2.24, 2.45) is 5.92 Å². The summed E-state index contributed by atoms with van der Waals surface area (Å²) in [7, 11) is 0. The van der Waals surface area contributed by atoms with Crippen molar-refractivity contribution in [2.75, 3.05) is 13.2 Å². The molecule has 2 N–H and O–H groups in total. The summed E-state index contributed by atoms with van der Waals surface area (Å²) in [5, 5.41) is 12.6. The number of carboxylic acid groups (broad SMARTS) is 1. The van der Waals surface area contributed by atoms with E-state index >= 15 is 0 Å². The molecule has 21 heavy (non-hydrogen) atoms. The Kier molecular flexibility index (Phi) is 5.22. The molecule has 0 aliphatic carbocycles. The van der Waals surface area contributed by atoms with Gasteiger partial charge in [-0.3, -0.25) is 9.59 Å². The maximum absolute atomic E-state index is 11.8. The summed E-state index contributed by atoms with van der Waals surface area (Å²) in [5.41, 5.74) is 0.608. The molecular formula is C14H13Cl2NO4. The number of hydrogen-bond donors (Lipinski definition) is 2. The van der Waals surface area contributed by atoms with Crippen LogP contribution in [0.5, 0.6) is 0 Å². The average Bonchev–Trinajstić information content (AvgIpc) is 2.88. The Morgan fingerprint density at radius 2 is 2.10 bits per heavy atom. The van der Waals surface area contributed by atoms with Crippen LogP contribution >= 0.6 is 23.2 Å². The number of carboxylic acids is 1. The summed E-state index contributed by atoms with van der Waals surface area (Å²) in [6.07, 6.45) is 2.81. The normalized spacial score (nSPS) is 21.6. The van der Waals surface area contributed by atoms with E-state index in [1.54, 1.807) is 18.2 Å². The minimum absolute atomic E-state index is 0.101. The van der Waals surface area contributed by atoms with Crippen molar-refractivity contribution in [2.45, 2.75) is 6.04 Å². The lowest BCUT2D eigenvalue weighted by molar-refractivity contribution is -0.142. The van der Waals surface area contributed by atoms with Crippen LogP contribution in [0.3, 0.4) is 0 Å². The quantitative estimate of drug-likeness (QED) is 0.830. The van der Waals surface area contributed by atoms with Gasteiger partial charge in [-0.1, -0.05) is 23.2 Å². The predicted molar refractivity (Wildman–Crippen MR) is 79.4 cm³/mol. The van der Waals surface area contributed by atoms with E-state index in [-0.39, 0.29) is 13.2 Å². The molecule has 1 aromatic carbocycles. The standard InChI is InChI=1S/C14H13Cl2NO4/c15-9-2-3-11(16)8(5-9)1-4-13(18)17-12-7-21-6-10(12)14(19)20/h1-5,10,12H,6-7H2,(H,17,18)(H,19,20). The van der Waals surface area contributed by atoms with Crippen LogP contribution in [0.25, 0.3) is 6.08 Å². The van der Waals surface area contributed by atoms with Gasteiger partial charge in [0.1, 0.15) is 5.92 Å². The van der Waals surface area contributed by atoms with Crippen LogP contribution in [0.15, 0.2) is 24.3 Å². The molecule has 0 aromatic heterocycles. The van der Waals surface area contributed by atoms with Crippen molar-refractivity contribution < 1.29 is 19.4 Å². The Morgan fingerprint density at radius 1 is 1.33 bits per heavy atom. The first-order valence-electron chi connectivity index (χ1n) is 6.21. The third-order valence-electron chi connectivity index (χ3n) is 3.10. The number of nitrogens with one attached hydrogen (secondary N) is 1. The van der Waals surface area contributed by atoms with E-state index in [2.05, 4.69) is 5.32 Å². The highest BCUT2D eigenvalue weighted by atomic mass is 35.5. The largest absolute Gasteiger partial charge is 0.481 e. The second-order valence-electron chi connectivity index (χ2n) is 4.60. The van der Waals surface area contributed by atoms with E-state index in [0.29, 0.717) is 15.6 Å². The van der Waals surface area contributed by atoms with Gasteiger partial charge >= 0.3 is 5.97 Å². The predicted octanol–water partition coefficient (Wildman–Crippen LogP) is 2.22. The third-order valence-corrected chi connectivity index (χ3v) is 3.68. The third kappa shape index (κ3) is 4.20. The fourth-order valence-electron chi connectivity index (χ4n) is 1.98. The number of amides is 1. The van der Waals surface area contributed by atoms with Gasteiger partial charge in [0.05, 0.1) is 19.3 Å². The Balaban J connectivity index is 2.00. The molecule has 1 aliphatic heterocycles. The maximum Gasteiger partial charge on any atom is 0.311 e. The number of halogens is 2.